The molecule has 5 heteroatoms. The molecule has 0 amide bonds. The van der Waals surface area contributed by atoms with Crippen LogP contribution >= 0.6 is 45.2 Å². The molecule has 0 aliphatic rings. The fourth-order valence-corrected chi connectivity index (χ4v) is 1.76. The van der Waals surface area contributed by atoms with Crippen molar-refractivity contribution >= 4 is 45.2 Å². The summed E-state index contributed by atoms with van der Waals surface area (Å²) in [5.41, 5.74) is 0. The van der Waals surface area contributed by atoms with Crippen LogP contribution < -0.4 is 4.74 Å². The van der Waals surface area contributed by atoms with Crippen LogP contribution in [0.2, 0.25) is 0 Å². The summed E-state index contributed by atoms with van der Waals surface area (Å²) in [7, 11) is 0. The standard InChI is InChI=1S/C10H6I2N2O/c11-7-1-3-8(4-2-7)15-10-9(12)5-13-6-14-10/h1-6H. The van der Waals surface area contributed by atoms with Crippen LogP contribution in [0.3, 0.4) is 0 Å². The molecule has 0 bridgehead atoms. The predicted molar refractivity (Wildman–Crippen MR) is 74.0 cm³/mol. The number of benzene rings is 1. The Morgan fingerprint density at radius 2 is 1.80 bits per heavy atom. The maximum absolute atomic E-state index is 5.60. The Morgan fingerprint density at radius 3 is 2.47 bits per heavy atom. The van der Waals surface area contributed by atoms with Gasteiger partial charge in [-0.25, -0.2) is 9.97 Å². The normalized spacial score (nSPS) is 10.0. The van der Waals surface area contributed by atoms with Gasteiger partial charge in [0, 0.05) is 9.77 Å². The zero-order chi connectivity index (χ0) is 10.7. The molecule has 1 aromatic heterocycles. The molecule has 0 atom stereocenters. The van der Waals surface area contributed by atoms with Crippen LogP contribution in [0.25, 0.3) is 0 Å². The van der Waals surface area contributed by atoms with Gasteiger partial charge in [0.25, 0.3) is 0 Å². The van der Waals surface area contributed by atoms with Gasteiger partial charge in [-0.05, 0) is 69.4 Å². The Hall–Kier alpha value is -0.440. The van der Waals surface area contributed by atoms with Gasteiger partial charge in [-0.3, -0.25) is 0 Å². The topological polar surface area (TPSA) is 35.0 Å². The smallest absolute Gasteiger partial charge is 0.235 e. The number of ether oxygens (including phenoxy) is 1. The van der Waals surface area contributed by atoms with E-state index in [1.807, 2.05) is 24.3 Å². The lowest BCUT2D eigenvalue weighted by atomic mass is 10.3. The molecule has 1 heterocycles. The van der Waals surface area contributed by atoms with Gasteiger partial charge < -0.3 is 4.74 Å². The Bertz CT molecular complexity index is 459. The molecule has 2 rings (SSSR count). The summed E-state index contributed by atoms with van der Waals surface area (Å²) >= 11 is 4.39. The van der Waals surface area contributed by atoms with E-state index >= 15 is 0 Å². The van der Waals surface area contributed by atoms with Gasteiger partial charge in [-0.1, -0.05) is 0 Å². The van der Waals surface area contributed by atoms with Gasteiger partial charge in [-0.15, -0.1) is 0 Å². The van der Waals surface area contributed by atoms with Crippen molar-refractivity contribution in [3.63, 3.8) is 0 Å². The molecular weight excluding hydrogens is 418 g/mol. The van der Waals surface area contributed by atoms with Crippen molar-refractivity contribution in [2.24, 2.45) is 0 Å². The molecule has 2 aromatic rings. The van der Waals surface area contributed by atoms with Gasteiger partial charge in [0.2, 0.25) is 5.88 Å². The van der Waals surface area contributed by atoms with Gasteiger partial charge in [0.15, 0.2) is 0 Å². The third kappa shape index (κ3) is 3.00. The number of hydrogen-bond donors (Lipinski definition) is 0. The molecule has 0 radical (unpaired) electrons. The van der Waals surface area contributed by atoms with Crippen LogP contribution in [0.15, 0.2) is 36.8 Å². The molecule has 0 N–H and O–H groups in total. The van der Waals surface area contributed by atoms with Gasteiger partial charge in [-0.2, -0.15) is 0 Å². The average Bonchev–Trinajstić information content (AvgIpc) is 2.25. The molecule has 3 nitrogen and oxygen atoms in total. The second-order valence-corrected chi connectivity index (χ2v) is 5.14. The molecular formula is C10H6I2N2O. The van der Waals surface area contributed by atoms with E-state index in [4.69, 9.17) is 4.74 Å². The lowest BCUT2D eigenvalue weighted by molar-refractivity contribution is 0.457. The third-order valence-electron chi connectivity index (χ3n) is 1.66. The first kappa shape index (κ1) is 11.1. The monoisotopic (exact) mass is 424 g/mol. The maximum atomic E-state index is 5.60. The molecule has 15 heavy (non-hydrogen) atoms. The Balaban J connectivity index is 2.22. The van der Waals surface area contributed by atoms with Crippen molar-refractivity contribution in [2.75, 3.05) is 0 Å². The van der Waals surface area contributed by atoms with Crippen molar-refractivity contribution in [1.29, 1.82) is 0 Å². The highest BCUT2D eigenvalue weighted by atomic mass is 127. The van der Waals surface area contributed by atoms with Crippen LogP contribution in [0.4, 0.5) is 0 Å². The first-order chi connectivity index (χ1) is 7.25. The molecule has 0 unspecified atom stereocenters. The minimum Gasteiger partial charge on any atom is -0.438 e. The largest absolute Gasteiger partial charge is 0.438 e. The van der Waals surface area contributed by atoms with Gasteiger partial charge in [0.05, 0.1) is 3.57 Å². The minimum atomic E-state index is 0.590. The number of hydrogen-bond acceptors (Lipinski definition) is 3. The SMILES string of the molecule is Ic1ccc(Oc2ncncc2I)cc1. The van der Waals surface area contributed by atoms with Crippen LogP contribution in [0.1, 0.15) is 0 Å². The number of nitrogens with zero attached hydrogens (tertiary/aromatic N) is 2. The second-order valence-electron chi connectivity index (χ2n) is 2.73. The summed E-state index contributed by atoms with van der Waals surface area (Å²) in [5, 5.41) is 0. The Kier molecular flexibility index (Phi) is 3.73. The van der Waals surface area contributed by atoms with Crippen LogP contribution in [-0.2, 0) is 0 Å². The van der Waals surface area contributed by atoms with Crippen LogP contribution in [-0.4, -0.2) is 9.97 Å². The zero-order valence-electron chi connectivity index (χ0n) is 7.52. The van der Waals surface area contributed by atoms with Crippen molar-refractivity contribution in [3.05, 3.63) is 43.9 Å². The average molecular weight is 424 g/mol. The van der Waals surface area contributed by atoms with E-state index in [-0.39, 0.29) is 0 Å². The van der Waals surface area contributed by atoms with E-state index in [2.05, 4.69) is 55.1 Å². The van der Waals surface area contributed by atoms with E-state index in [1.54, 1.807) is 6.20 Å². The second kappa shape index (κ2) is 5.06. The van der Waals surface area contributed by atoms with Crippen molar-refractivity contribution in [2.45, 2.75) is 0 Å². The van der Waals surface area contributed by atoms with E-state index in [9.17, 15) is 0 Å². The lowest BCUT2D eigenvalue weighted by Crippen LogP contribution is -1.91. The molecule has 76 valence electrons. The van der Waals surface area contributed by atoms with E-state index < -0.39 is 0 Å². The molecule has 0 saturated carbocycles. The molecule has 0 aliphatic carbocycles. The van der Waals surface area contributed by atoms with Crippen molar-refractivity contribution < 1.29 is 4.74 Å². The molecule has 0 spiro atoms. The Morgan fingerprint density at radius 1 is 1.07 bits per heavy atom. The highest BCUT2D eigenvalue weighted by molar-refractivity contribution is 14.1. The minimum absolute atomic E-state index is 0.590. The number of aromatic nitrogens is 2. The van der Waals surface area contributed by atoms with E-state index in [1.165, 1.54) is 9.90 Å². The molecule has 0 fully saturated rings. The van der Waals surface area contributed by atoms with E-state index in [0.717, 1.165) is 9.32 Å². The summed E-state index contributed by atoms with van der Waals surface area (Å²) < 4.78 is 7.68. The van der Waals surface area contributed by atoms with Crippen molar-refractivity contribution in [3.8, 4) is 11.6 Å². The zero-order valence-corrected chi connectivity index (χ0v) is 11.8. The number of rotatable bonds is 2. The third-order valence-corrected chi connectivity index (χ3v) is 3.12. The summed E-state index contributed by atoms with van der Waals surface area (Å²) in [4.78, 5) is 7.95. The summed E-state index contributed by atoms with van der Waals surface area (Å²) in [6.45, 7) is 0. The first-order valence-corrected chi connectivity index (χ1v) is 6.30. The fourth-order valence-electron chi connectivity index (χ4n) is 0.991. The number of halogens is 2. The maximum Gasteiger partial charge on any atom is 0.235 e. The quantitative estimate of drug-likeness (QED) is 0.693. The summed E-state index contributed by atoms with van der Waals surface area (Å²) in [6.07, 6.45) is 3.19. The lowest BCUT2D eigenvalue weighted by Gasteiger charge is -2.05. The fraction of sp³-hybridized carbons (Fsp3) is 0. The van der Waals surface area contributed by atoms with Gasteiger partial charge >= 0.3 is 0 Å². The van der Waals surface area contributed by atoms with E-state index in [0.29, 0.717) is 5.88 Å². The molecule has 0 saturated heterocycles. The van der Waals surface area contributed by atoms with Crippen LogP contribution in [0.5, 0.6) is 11.6 Å². The predicted octanol–water partition coefficient (Wildman–Crippen LogP) is 3.48. The van der Waals surface area contributed by atoms with Crippen molar-refractivity contribution in [1.82, 2.24) is 9.97 Å². The molecule has 0 aliphatic heterocycles. The summed E-state index contributed by atoms with van der Waals surface area (Å²) in [6, 6.07) is 7.81. The van der Waals surface area contributed by atoms with Gasteiger partial charge in [0.1, 0.15) is 12.1 Å². The first-order valence-electron chi connectivity index (χ1n) is 4.14. The highest BCUT2D eigenvalue weighted by Crippen LogP contribution is 2.23. The highest BCUT2D eigenvalue weighted by Gasteiger charge is 2.02. The molecule has 1 aromatic carbocycles. The summed E-state index contributed by atoms with van der Waals surface area (Å²) in [5.74, 6) is 1.37. The Labute approximate surface area is 115 Å². The van der Waals surface area contributed by atoms with Crippen LogP contribution in [0, 0.1) is 7.14 Å².